The molecule has 1 heterocycles. The summed E-state index contributed by atoms with van der Waals surface area (Å²) in [4.78, 5) is 26.9. The normalized spacial score (nSPS) is 16.4. The number of nitrogens with zero attached hydrogens (tertiary/aromatic N) is 3. The third kappa shape index (κ3) is 5.86. The highest BCUT2D eigenvalue weighted by molar-refractivity contribution is 7.89. The second kappa shape index (κ2) is 9.46. The second-order valence-corrected chi connectivity index (χ2v) is 10.7. The van der Waals surface area contributed by atoms with Gasteiger partial charge in [0.2, 0.25) is 15.9 Å². The number of carbonyl (C=O) groups excluding carboxylic acids is 1. The SMILES string of the molecule is CC(C)(C)NS(=O)(=O)c1ccc(N2CCN(C(C(N)=O)c3ccccc3)CC2)c([N+](=O)[O-])c1. The summed E-state index contributed by atoms with van der Waals surface area (Å²) in [6.07, 6.45) is 0. The fraction of sp³-hybridized carbons (Fsp3) is 0.409. The predicted molar refractivity (Wildman–Crippen MR) is 125 cm³/mol. The van der Waals surface area contributed by atoms with Crippen LogP contribution in [0.1, 0.15) is 32.4 Å². The molecule has 1 saturated heterocycles. The Hall–Kier alpha value is -3.02. The summed E-state index contributed by atoms with van der Waals surface area (Å²) in [7, 11) is -3.91. The number of nitro benzene ring substituents is 1. The van der Waals surface area contributed by atoms with E-state index in [1.54, 1.807) is 20.8 Å². The van der Waals surface area contributed by atoms with Crippen molar-refractivity contribution in [1.29, 1.82) is 0 Å². The van der Waals surface area contributed by atoms with Gasteiger partial charge in [-0.25, -0.2) is 13.1 Å². The van der Waals surface area contributed by atoms with Crippen LogP contribution >= 0.6 is 0 Å². The van der Waals surface area contributed by atoms with E-state index in [1.807, 2.05) is 40.1 Å². The number of benzene rings is 2. The van der Waals surface area contributed by atoms with Gasteiger partial charge in [0.25, 0.3) is 5.69 Å². The molecule has 1 amide bonds. The molecule has 2 aromatic rings. The van der Waals surface area contributed by atoms with Gasteiger partial charge in [-0.2, -0.15) is 0 Å². The summed E-state index contributed by atoms with van der Waals surface area (Å²) in [6.45, 7) is 6.86. The molecule has 178 valence electrons. The number of nitrogens with two attached hydrogens (primary N) is 1. The summed E-state index contributed by atoms with van der Waals surface area (Å²) >= 11 is 0. The Balaban J connectivity index is 1.82. The van der Waals surface area contributed by atoms with Crippen molar-refractivity contribution in [2.24, 2.45) is 5.73 Å². The van der Waals surface area contributed by atoms with Crippen LogP contribution in [0.2, 0.25) is 0 Å². The minimum atomic E-state index is -3.91. The smallest absolute Gasteiger partial charge is 0.293 e. The van der Waals surface area contributed by atoms with Crippen LogP contribution in [0.4, 0.5) is 11.4 Å². The van der Waals surface area contributed by atoms with Gasteiger partial charge in [0.05, 0.1) is 9.82 Å². The van der Waals surface area contributed by atoms with Gasteiger partial charge in [0, 0.05) is 37.8 Å². The van der Waals surface area contributed by atoms with E-state index in [0.29, 0.717) is 31.9 Å². The van der Waals surface area contributed by atoms with E-state index in [0.717, 1.165) is 11.6 Å². The number of hydrogen-bond acceptors (Lipinski definition) is 7. The molecule has 1 fully saturated rings. The highest BCUT2D eigenvalue weighted by Gasteiger charge is 2.32. The lowest BCUT2D eigenvalue weighted by atomic mass is 10.0. The lowest BCUT2D eigenvalue weighted by molar-refractivity contribution is -0.384. The fourth-order valence-electron chi connectivity index (χ4n) is 3.96. The van der Waals surface area contributed by atoms with E-state index < -0.39 is 32.4 Å². The monoisotopic (exact) mass is 475 g/mol. The van der Waals surface area contributed by atoms with Gasteiger partial charge in [-0.15, -0.1) is 0 Å². The largest absolute Gasteiger partial charge is 0.368 e. The maximum Gasteiger partial charge on any atom is 0.293 e. The van der Waals surface area contributed by atoms with Crippen molar-refractivity contribution in [3.05, 3.63) is 64.2 Å². The van der Waals surface area contributed by atoms with Gasteiger partial charge in [-0.1, -0.05) is 30.3 Å². The highest BCUT2D eigenvalue weighted by atomic mass is 32.2. The first-order chi connectivity index (χ1) is 15.4. The van der Waals surface area contributed by atoms with Crippen molar-refractivity contribution in [3.63, 3.8) is 0 Å². The molecule has 3 rings (SSSR count). The Morgan fingerprint density at radius 3 is 2.21 bits per heavy atom. The Kier molecular flexibility index (Phi) is 7.06. The standard InChI is InChI=1S/C22H29N5O5S/c1-22(2,3)24-33(31,32)17-9-10-18(19(15-17)27(29)30)25-11-13-26(14-12-25)20(21(23)28)16-7-5-4-6-8-16/h4-10,15,20,24H,11-14H2,1-3H3,(H2,23,28). The molecule has 1 unspecified atom stereocenters. The van der Waals surface area contributed by atoms with E-state index in [-0.39, 0.29) is 10.6 Å². The van der Waals surface area contributed by atoms with Crippen LogP contribution in [-0.4, -0.2) is 55.9 Å². The molecule has 3 N–H and O–H groups in total. The van der Waals surface area contributed by atoms with Crippen LogP contribution in [0.25, 0.3) is 0 Å². The van der Waals surface area contributed by atoms with Crippen molar-refractivity contribution in [3.8, 4) is 0 Å². The first-order valence-corrected chi connectivity index (χ1v) is 12.0. The molecule has 0 bridgehead atoms. The van der Waals surface area contributed by atoms with Crippen LogP contribution in [0.5, 0.6) is 0 Å². The first kappa shape index (κ1) is 24.6. The van der Waals surface area contributed by atoms with Gasteiger partial charge < -0.3 is 10.6 Å². The highest BCUT2D eigenvalue weighted by Crippen LogP contribution is 2.33. The Morgan fingerprint density at radius 2 is 1.70 bits per heavy atom. The number of anilines is 1. The summed E-state index contributed by atoms with van der Waals surface area (Å²) in [5, 5.41) is 11.8. The molecule has 0 aliphatic carbocycles. The number of amides is 1. The van der Waals surface area contributed by atoms with Crippen LogP contribution in [-0.2, 0) is 14.8 Å². The van der Waals surface area contributed by atoms with Gasteiger partial charge >= 0.3 is 0 Å². The number of piperazine rings is 1. The zero-order chi connectivity index (χ0) is 24.4. The summed E-state index contributed by atoms with van der Waals surface area (Å²) in [6, 6.07) is 12.6. The summed E-state index contributed by atoms with van der Waals surface area (Å²) < 4.78 is 27.8. The maximum atomic E-state index is 12.6. The average molecular weight is 476 g/mol. The molecule has 11 heteroatoms. The Bertz CT molecular complexity index is 1120. The molecule has 0 saturated carbocycles. The predicted octanol–water partition coefficient (Wildman–Crippen LogP) is 2.02. The second-order valence-electron chi connectivity index (χ2n) is 9.00. The van der Waals surface area contributed by atoms with Crippen LogP contribution in [0, 0.1) is 10.1 Å². The van der Waals surface area contributed by atoms with Gasteiger partial charge in [0.15, 0.2) is 0 Å². The van der Waals surface area contributed by atoms with Crippen LogP contribution in [0.15, 0.2) is 53.4 Å². The van der Waals surface area contributed by atoms with Crippen LogP contribution in [0.3, 0.4) is 0 Å². The number of hydrogen-bond donors (Lipinski definition) is 2. The maximum absolute atomic E-state index is 12.6. The first-order valence-electron chi connectivity index (χ1n) is 10.5. The third-order valence-electron chi connectivity index (χ3n) is 5.30. The van der Waals surface area contributed by atoms with E-state index in [1.165, 1.54) is 12.1 Å². The van der Waals surface area contributed by atoms with Crippen molar-refractivity contribution in [1.82, 2.24) is 9.62 Å². The molecular formula is C22H29N5O5S. The summed E-state index contributed by atoms with van der Waals surface area (Å²) in [5.74, 6) is -0.457. The Labute approximate surface area is 193 Å². The molecule has 1 atom stereocenters. The van der Waals surface area contributed by atoms with Crippen molar-refractivity contribution < 1.29 is 18.1 Å². The lowest BCUT2D eigenvalue weighted by Gasteiger charge is -2.39. The number of carbonyl (C=O) groups is 1. The number of primary amides is 1. The van der Waals surface area contributed by atoms with Gasteiger partial charge in [-0.3, -0.25) is 19.8 Å². The molecule has 0 spiro atoms. The lowest BCUT2D eigenvalue weighted by Crippen LogP contribution is -2.50. The topological polar surface area (TPSA) is 139 Å². The minimum Gasteiger partial charge on any atom is -0.368 e. The number of nitro groups is 1. The Morgan fingerprint density at radius 1 is 1.09 bits per heavy atom. The molecule has 1 aliphatic heterocycles. The quantitative estimate of drug-likeness (QED) is 0.461. The van der Waals surface area contributed by atoms with Gasteiger partial charge in [0.1, 0.15) is 11.7 Å². The van der Waals surface area contributed by atoms with E-state index in [4.69, 9.17) is 5.73 Å². The molecule has 10 nitrogen and oxygen atoms in total. The third-order valence-corrected chi connectivity index (χ3v) is 7.05. The number of sulfonamides is 1. The van der Waals surface area contributed by atoms with Crippen molar-refractivity contribution in [2.45, 2.75) is 37.2 Å². The average Bonchev–Trinajstić information content (AvgIpc) is 2.73. The summed E-state index contributed by atoms with van der Waals surface area (Å²) in [5.41, 5.74) is 5.79. The molecule has 0 radical (unpaired) electrons. The molecule has 33 heavy (non-hydrogen) atoms. The molecule has 1 aliphatic rings. The van der Waals surface area contributed by atoms with E-state index in [2.05, 4.69) is 4.72 Å². The van der Waals surface area contributed by atoms with E-state index >= 15 is 0 Å². The van der Waals surface area contributed by atoms with Crippen LogP contribution < -0.4 is 15.4 Å². The van der Waals surface area contributed by atoms with Gasteiger partial charge in [-0.05, 0) is 38.5 Å². The zero-order valence-electron chi connectivity index (χ0n) is 18.9. The minimum absolute atomic E-state index is 0.163. The van der Waals surface area contributed by atoms with E-state index in [9.17, 15) is 23.3 Å². The number of rotatable bonds is 7. The van der Waals surface area contributed by atoms with Crippen molar-refractivity contribution in [2.75, 3.05) is 31.1 Å². The molecule has 2 aromatic carbocycles. The fourth-order valence-corrected chi connectivity index (χ4v) is 5.40. The zero-order valence-corrected chi connectivity index (χ0v) is 19.7. The number of nitrogens with one attached hydrogen (secondary N) is 1. The molecular weight excluding hydrogens is 446 g/mol. The van der Waals surface area contributed by atoms with Crippen molar-refractivity contribution >= 4 is 27.3 Å². The molecule has 0 aromatic heterocycles.